The summed E-state index contributed by atoms with van der Waals surface area (Å²) in [6, 6.07) is 7.31. The molecular formula is C14H13N3O3. The normalized spacial score (nSPS) is 18.4. The number of carboxylic acids is 1. The Morgan fingerprint density at radius 1 is 1.25 bits per heavy atom. The summed E-state index contributed by atoms with van der Waals surface area (Å²) in [6.45, 7) is 0.687. The van der Waals surface area contributed by atoms with Gasteiger partial charge in [-0.1, -0.05) is 12.1 Å². The van der Waals surface area contributed by atoms with E-state index in [2.05, 4.69) is 9.97 Å². The van der Waals surface area contributed by atoms with Gasteiger partial charge in [0.2, 0.25) is 0 Å². The lowest BCUT2D eigenvalue weighted by Crippen LogP contribution is -2.30. The van der Waals surface area contributed by atoms with E-state index in [-0.39, 0.29) is 18.1 Å². The molecule has 1 aliphatic heterocycles. The SMILES string of the molecule is O=C(O)[C@@H]1CCN(C(=O)c2cnc3ccccc3n2)C1. The maximum Gasteiger partial charge on any atom is 0.308 e. The number of benzene rings is 1. The quantitative estimate of drug-likeness (QED) is 0.886. The highest BCUT2D eigenvalue weighted by Crippen LogP contribution is 2.19. The van der Waals surface area contributed by atoms with Gasteiger partial charge in [0.1, 0.15) is 5.69 Å². The molecule has 3 rings (SSSR count). The van der Waals surface area contributed by atoms with Crippen LogP contribution in [0.3, 0.4) is 0 Å². The number of hydrogen-bond donors (Lipinski definition) is 1. The zero-order chi connectivity index (χ0) is 14.1. The Balaban J connectivity index is 1.84. The molecule has 1 atom stereocenters. The zero-order valence-electron chi connectivity index (χ0n) is 10.7. The van der Waals surface area contributed by atoms with Gasteiger partial charge >= 0.3 is 5.97 Å². The number of carbonyl (C=O) groups is 2. The highest BCUT2D eigenvalue weighted by Gasteiger charge is 2.31. The predicted octanol–water partition coefficient (Wildman–Crippen LogP) is 1.18. The summed E-state index contributed by atoms with van der Waals surface area (Å²) in [5, 5.41) is 8.96. The van der Waals surface area contributed by atoms with E-state index in [4.69, 9.17) is 5.11 Å². The van der Waals surface area contributed by atoms with Gasteiger partial charge in [-0.15, -0.1) is 0 Å². The third kappa shape index (κ3) is 2.20. The van der Waals surface area contributed by atoms with Crippen molar-refractivity contribution in [2.75, 3.05) is 13.1 Å². The number of para-hydroxylation sites is 2. The molecule has 20 heavy (non-hydrogen) atoms. The first-order valence-electron chi connectivity index (χ1n) is 6.39. The van der Waals surface area contributed by atoms with Crippen LogP contribution in [0.2, 0.25) is 0 Å². The molecule has 0 bridgehead atoms. The largest absolute Gasteiger partial charge is 0.481 e. The molecule has 1 fully saturated rings. The van der Waals surface area contributed by atoms with Crippen molar-refractivity contribution in [1.29, 1.82) is 0 Å². The second kappa shape index (κ2) is 4.88. The van der Waals surface area contributed by atoms with Gasteiger partial charge in [0.25, 0.3) is 5.91 Å². The predicted molar refractivity (Wildman–Crippen MR) is 71.2 cm³/mol. The number of nitrogens with zero attached hydrogens (tertiary/aromatic N) is 3. The molecular weight excluding hydrogens is 258 g/mol. The van der Waals surface area contributed by atoms with E-state index in [1.54, 1.807) is 6.07 Å². The molecule has 1 aliphatic rings. The molecule has 1 amide bonds. The molecule has 2 heterocycles. The summed E-state index contributed by atoms with van der Waals surface area (Å²) in [6.07, 6.45) is 1.93. The van der Waals surface area contributed by atoms with Crippen molar-refractivity contribution in [3.63, 3.8) is 0 Å². The first-order chi connectivity index (χ1) is 9.65. The molecule has 0 spiro atoms. The van der Waals surface area contributed by atoms with Gasteiger partial charge in [0.05, 0.1) is 23.1 Å². The van der Waals surface area contributed by atoms with Crippen molar-refractivity contribution in [2.24, 2.45) is 5.92 Å². The van der Waals surface area contributed by atoms with E-state index in [1.807, 2.05) is 18.2 Å². The van der Waals surface area contributed by atoms with Crippen molar-refractivity contribution >= 4 is 22.9 Å². The number of fused-ring (bicyclic) bond motifs is 1. The molecule has 6 nitrogen and oxygen atoms in total. The van der Waals surface area contributed by atoms with Crippen LogP contribution in [-0.2, 0) is 4.79 Å². The number of carbonyl (C=O) groups excluding carboxylic acids is 1. The molecule has 0 aliphatic carbocycles. The number of amides is 1. The van der Waals surface area contributed by atoms with Gasteiger partial charge in [-0.3, -0.25) is 14.6 Å². The number of likely N-dealkylation sites (tertiary alicyclic amines) is 1. The highest BCUT2D eigenvalue weighted by molar-refractivity contribution is 5.94. The Bertz CT molecular complexity index is 686. The molecule has 1 aromatic heterocycles. The van der Waals surface area contributed by atoms with Gasteiger partial charge in [-0.05, 0) is 18.6 Å². The van der Waals surface area contributed by atoms with Gasteiger partial charge in [-0.2, -0.15) is 0 Å². The fraction of sp³-hybridized carbons (Fsp3) is 0.286. The maximum absolute atomic E-state index is 12.3. The lowest BCUT2D eigenvalue weighted by molar-refractivity contribution is -0.141. The number of aliphatic carboxylic acids is 1. The third-order valence-corrected chi connectivity index (χ3v) is 3.49. The summed E-state index contributed by atoms with van der Waals surface area (Å²) >= 11 is 0. The first-order valence-corrected chi connectivity index (χ1v) is 6.39. The summed E-state index contributed by atoms with van der Waals surface area (Å²) < 4.78 is 0. The zero-order valence-corrected chi connectivity index (χ0v) is 10.7. The summed E-state index contributed by atoms with van der Waals surface area (Å²) in [4.78, 5) is 33.2. The Kier molecular flexibility index (Phi) is 3.06. The van der Waals surface area contributed by atoms with E-state index in [1.165, 1.54) is 11.1 Å². The van der Waals surface area contributed by atoms with Gasteiger partial charge in [-0.25, -0.2) is 4.98 Å². The van der Waals surface area contributed by atoms with E-state index in [9.17, 15) is 9.59 Å². The molecule has 0 saturated carbocycles. The number of carboxylic acid groups (broad SMARTS) is 1. The summed E-state index contributed by atoms with van der Waals surface area (Å²) in [7, 11) is 0. The Morgan fingerprint density at radius 3 is 2.70 bits per heavy atom. The van der Waals surface area contributed by atoms with Crippen molar-refractivity contribution in [3.05, 3.63) is 36.2 Å². The number of aromatic nitrogens is 2. The van der Waals surface area contributed by atoms with E-state index < -0.39 is 11.9 Å². The van der Waals surface area contributed by atoms with Crippen LogP contribution in [0.5, 0.6) is 0 Å². The second-order valence-corrected chi connectivity index (χ2v) is 4.82. The molecule has 6 heteroatoms. The van der Waals surface area contributed by atoms with E-state index >= 15 is 0 Å². The van der Waals surface area contributed by atoms with Crippen LogP contribution >= 0.6 is 0 Å². The standard InChI is InChI=1S/C14H13N3O3/c18-13(17-6-5-9(8-17)14(19)20)12-7-15-10-3-1-2-4-11(10)16-12/h1-4,7,9H,5-6,8H2,(H,19,20)/t9-/m1/s1. The molecule has 1 aromatic carbocycles. The van der Waals surface area contributed by atoms with Crippen molar-refractivity contribution in [3.8, 4) is 0 Å². The van der Waals surface area contributed by atoms with Crippen LogP contribution in [0, 0.1) is 5.92 Å². The van der Waals surface area contributed by atoms with Gasteiger partial charge < -0.3 is 10.0 Å². The minimum absolute atomic E-state index is 0.239. The summed E-state index contributed by atoms with van der Waals surface area (Å²) in [5.74, 6) is -1.59. The molecule has 102 valence electrons. The molecule has 1 saturated heterocycles. The van der Waals surface area contributed by atoms with E-state index in [0.717, 1.165) is 5.52 Å². The van der Waals surface area contributed by atoms with Crippen LogP contribution < -0.4 is 0 Å². The lowest BCUT2D eigenvalue weighted by atomic mass is 10.1. The highest BCUT2D eigenvalue weighted by atomic mass is 16.4. The second-order valence-electron chi connectivity index (χ2n) is 4.82. The Morgan fingerprint density at radius 2 is 2.00 bits per heavy atom. The smallest absolute Gasteiger partial charge is 0.308 e. The minimum atomic E-state index is -0.857. The molecule has 0 unspecified atom stereocenters. The molecule has 0 radical (unpaired) electrons. The lowest BCUT2D eigenvalue weighted by Gasteiger charge is -2.15. The minimum Gasteiger partial charge on any atom is -0.481 e. The Labute approximate surface area is 115 Å². The van der Waals surface area contributed by atoms with Crippen molar-refractivity contribution in [1.82, 2.24) is 14.9 Å². The van der Waals surface area contributed by atoms with Crippen LogP contribution in [0.4, 0.5) is 0 Å². The average molecular weight is 271 g/mol. The third-order valence-electron chi connectivity index (χ3n) is 3.49. The first kappa shape index (κ1) is 12.5. The van der Waals surface area contributed by atoms with Crippen molar-refractivity contribution in [2.45, 2.75) is 6.42 Å². The summed E-state index contributed by atoms with van der Waals surface area (Å²) in [5.41, 5.74) is 1.65. The van der Waals surface area contributed by atoms with Crippen LogP contribution in [0.25, 0.3) is 11.0 Å². The fourth-order valence-electron chi connectivity index (χ4n) is 2.37. The fourth-order valence-corrected chi connectivity index (χ4v) is 2.37. The van der Waals surface area contributed by atoms with Gasteiger partial charge in [0.15, 0.2) is 0 Å². The maximum atomic E-state index is 12.3. The van der Waals surface area contributed by atoms with Crippen molar-refractivity contribution < 1.29 is 14.7 Å². The van der Waals surface area contributed by atoms with Gasteiger partial charge in [0, 0.05) is 13.1 Å². The molecule has 1 N–H and O–H groups in total. The average Bonchev–Trinajstić information content (AvgIpc) is 2.96. The van der Waals surface area contributed by atoms with Crippen LogP contribution in [0.1, 0.15) is 16.9 Å². The molecule has 2 aromatic rings. The Hall–Kier alpha value is -2.50. The monoisotopic (exact) mass is 271 g/mol. The number of hydrogen-bond acceptors (Lipinski definition) is 4. The van der Waals surface area contributed by atoms with Crippen LogP contribution in [-0.4, -0.2) is 44.9 Å². The van der Waals surface area contributed by atoms with Crippen LogP contribution in [0.15, 0.2) is 30.5 Å². The van der Waals surface area contributed by atoms with E-state index in [0.29, 0.717) is 18.5 Å². The number of rotatable bonds is 2. The topological polar surface area (TPSA) is 83.4 Å².